The van der Waals surface area contributed by atoms with Crippen molar-refractivity contribution in [2.75, 3.05) is 0 Å². The molecule has 0 unspecified atom stereocenters. The Morgan fingerprint density at radius 3 is 2.32 bits per heavy atom. The van der Waals surface area contributed by atoms with E-state index < -0.39 is 17.9 Å². The molecule has 22 heavy (non-hydrogen) atoms. The van der Waals surface area contributed by atoms with Gasteiger partial charge in [-0.3, -0.25) is 9.48 Å². The van der Waals surface area contributed by atoms with Gasteiger partial charge in [-0.15, -0.1) is 0 Å². The van der Waals surface area contributed by atoms with E-state index in [9.17, 15) is 18.0 Å². The number of likely N-dealkylation sites (tertiary alicyclic amines) is 1. The van der Waals surface area contributed by atoms with E-state index in [1.807, 2.05) is 13.8 Å². The number of piperidine rings is 1. The highest BCUT2D eigenvalue weighted by atomic mass is 19.4. The number of aromatic nitrogens is 2. The Bertz CT molecular complexity index is 543. The van der Waals surface area contributed by atoms with Crippen LogP contribution in [-0.2, 0) is 11.0 Å². The molecule has 4 nitrogen and oxygen atoms in total. The minimum Gasteiger partial charge on any atom is -0.335 e. The molecule has 0 saturated carbocycles. The topological polar surface area (TPSA) is 38.1 Å². The maximum Gasteiger partial charge on any atom is 0.435 e. The summed E-state index contributed by atoms with van der Waals surface area (Å²) in [6.45, 7) is 7.11. The lowest BCUT2D eigenvalue weighted by atomic mass is 9.96. The van der Waals surface area contributed by atoms with Crippen molar-refractivity contribution >= 4 is 5.91 Å². The van der Waals surface area contributed by atoms with Crippen LogP contribution in [0.3, 0.4) is 0 Å². The summed E-state index contributed by atoms with van der Waals surface area (Å²) < 4.78 is 39.4. The molecule has 7 heteroatoms. The average Bonchev–Trinajstić information content (AvgIpc) is 2.79. The van der Waals surface area contributed by atoms with E-state index >= 15 is 0 Å². The Morgan fingerprint density at radius 2 is 1.86 bits per heavy atom. The lowest BCUT2D eigenvalue weighted by Gasteiger charge is -2.40. The summed E-state index contributed by atoms with van der Waals surface area (Å²) in [5.41, 5.74) is -0.616. The van der Waals surface area contributed by atoms with Gasteiger partial charge in [0, 0.05) is 17.8 Å². The van der Waals surface area contributed by atoms with Gasteiger partial charge in [-0.1, -0.05) is 0 Å². The molecule has 2 rings (SSSR count). The molecule has 0 bridgehead atoms. The van der Waals surface area contributed by atoms with Crippen molar-refractivity contribution in [2.24, 2.45) is 0 Å². The summed E-state index contributed by atoms with van der Waals surface area (Å²) in [4.78, 5) is 14.5. The predicted molar refractivity (Wildman–Crippen MR) is 76.3 cm³/mol. The zero-order chi connectivity index (χ0) is 16.7. The van der Waals surface area contributed by atoms with Gasteiger partial charge in [0.15, 0.2) is 5.69 Å². The van der Waals surface area contributed by atoms with Crippen LogP contribution in [0, 0.1) is 6.92 Å². The summed E-state index contributed by atoms with van der Waals surface area (Å²) in [6.07, 6.45) is -1.58. The number of hydrogen-bond acceptors (Lipinski definition) is 2. The number of alkyl halides is 3. The van der Waals surface area contributed by atoms with Crippen molar-refractivity contribution < 1.29 is 18.0 Å². The molecule has 124 valence electrons. The number of nitrogens with zero attached hydrogens (tertiary/aromatic N) is 3. The second kappa shape index (κ2) is 5.93. The SMILES string of the molecule is Cc1cc(C(F)(F)F)nn1[C@H](C)C(=O)N1[C@H](C)CCC[C@H]1C. The summed E-state index contributed by atoms with van der Waals surface area (Å²) in [6, 6.07) is 0.458. The molecule has 1 aromatic heterocycles. The Hall–Kier alpha value is -1.53. The highest BCUT2D eigenvalue weighted by Crippen LogP contribution is 2.30. The third-order valence-electron chi connectivity index (χ3n) is 4.39. The van der Waals surface area contributed by atoms with Crippen LogP contribution in [0.4, 0.5) is 13.2 Å². The second-order valence-corrected chi connectivity index (χ2v) is 6.16. The van der Waals surface area contributed by atoms with Crippen molar-refractivity contribution in [3.8, 4) is 0 Å². The molecule has 0 aromatic carbocycles. The Morgan fingerprint density at radius 1 is 1.32 bits per heavy atom. The van der Waals surface area contributed by atoms with E-state index in [2.05, 4.69) is 5.10 Å². The Labute approximate surface area is 128 Å². The summed E-state index contributed by atoms with van der Waals surface area (Å²) in [5, 5.41) is 3.59. The third-order valence-corrected chi connectivity index (χ3v) is 4.39. The normalized spacial score (nSPS) is 24.4. The van der Waals surface area contributed by atoms with Gasteiger partial charge in [0.25, 0.3) is 0 Å². The molecular formula is C15H22F3N3O. The van der Waals surface area contributed by atoms with Gasteiger partial charge in [0.2, 0.25) is 5.91 Å². The average molecular weight is 317 g/mol. The molecule has 0 aliphatic carbocycles. The van der Waals surface area contributed by atoms with Crippen LogP contribution in [0.5, 0.6) is 0 Å². The van der Waals surface area contributed by atoms with Crippen LogP contribution in [0.1, 0.15) is 57.5 Å². The fraction of sp³-hybridized carbons (Fsp3) is 0.733. The summed E-state index contributed by atoms with van der Waals surface area (Å²) >= 11 is 0. The van der Waals surface area contributed by atoms with Gasteiger partial charge in [0.05, 0.1) is 0 Å². The van der Waals surface area contributed by atoms with Gasteiger partial charge < -0.3 is 4.90 Å². The first-order valence-corrected chi connectivity index (χ1v) is 7.58. The first kappa shape index (κ1) is 16.8. The molecule has 1 aliphatic heterocycles. The van der Waals surface area contributed by atoms with E-state index in [0.717, 1.165) is 25.3 Å². The fourth-order valence-corrected chi connectivity index (χ4v) is 3.19. The van der Waals surface area contributed by atoms with Gasteiger partial charge in [0.1, 0.15) is 6.04 Å². The predicted octanol–water partition coefficient (Wildman–Crippen LogP) is 3.56. The molecular weight excluding hydrogens is 295 g/mol. The van der Waals surface area contributed by atoms with Gasteiger partial charge >= 0.3 is 6.18 Å². The Balaban J connectivity index is 2.25. The maximum absolute atomic E-state index is 12.8. The molecule has 0 radical (unpaired) electrons. The van der Waals surface area contributed by atoms with Crippen LogP contribution in [0.25, 0.3) is 0 Å². The molecule has 1 aliphatic rings. The van der Waals surface area contributed by atoms with Gasteiger partial charge in [-0.25, -0.2) is 0 Å². The number of aryl methyl sites for hydroxylation is 1. The minimum atomic E-state index is -4.50. The molecule has 3 atom stereocenters. The number of amides is 1. The number of carbonyl (C=O) groups is 1. The minimum absolute atomic E-state index is 0.108. The largest absolute Gasteiger partial charge is 0.435 e. The highest BCUT2D eigenvalue weighted by Gasteiger charge is 2.37. The number of halogens is 3. The zero-order valence-corrected chi connectivity index (χ0v) is 13.3. The molecule has 1 aromatic rings. The van der Waals surface area contributed by atoms with Crippen LogP contribution in [-0.4, -0.2) is 32.7 Å². The van der Waals surface area contributed by atoms with Crippen molar-refractivity contribution in [2.45, 2.75) is 71.3 Å². The molecule has 1 saturated heterocycles. The standard InChI is InChI=1S/C15H22F3N3O/c1-9-6-5-7-10(2)20(9)14(22)12(4)21-11(3)8-13(19-21)15(16,17)18/h8-10,12H,5-7H2,1-4H3/t9-,10-,12-/m1/s1. The van der Waals surface area contributed by atoms with Crippen molar-refractivity contribution in [1.29, 1.82) is 0 Å². The van der Waals surface area contributed by atoms with Crippen molar-refractivity contribution in [1.82, 2.24) is 14.7 Å². The highest BCUT2D eigenvalue weighted by molar-refractivity contribution is 5.80. The second-order valence-electron chi connectivity index (χ2n) is 6.16. The van der Waals surface area contributed by atoms with E-state index in [-0.39, 0.29) is 18.0 Å². The monoisotopic (exact) mass is 317 g/mol. The lowest BCUT2D eigenvalue weighted by Crippen LogP contribution is -2.50. The maximum atomic E-state index is 12.8. The van der Waals surface area contributed by atoms with E-state index in [0.29, 0.717) is 5.69 Å². The fourth-order valence-electron chi connectivity index (χ4n) is 3.19. The van der Waals surface area contributed by atoms with Gasteiger partial charge in [-0.05, 0) is 53.0 Å². The van der Waals surface area contributed by atoms with Crippen LogP contribution < -0.4 is 0 Å². The third kappa shape index (κ3) is 3.13. The smallest absolute Gasteiger partial charge is 0.335 e. The van der Waals surface area contributed by atoms with Gasteiger partial charge in [-0.2, -0.15) is 18.3 Å². The van der Waals surface area contributed by atoms with Crippen LogP contribution >= 0.6 is 0 Å². The molecule has 1 fully saturated rings. The molecule has 0 spiro atoms. The van der Waals surface area contributed by atoms with Crippen LogP contribution in [0.15, 0.2) is 6.07 Å². The first-order valence-electron chi connectivity index (χ1n) is 7.58. The first-order chi connectivity index (χ1) is 10.1. The zero-order valence-electron chi connectivity index (χ0n) is 13.3. The van der Waals surface area contributed by atoms with Crippen LogP contribution in [0.2, 0.25) is 0 Å². The summed E-state index contributed by atoms with van der Waals surface area (Å²) in [5.74, 6) is -0.167. The lowest BCUT2D eigenvalue weighted by molar-refractivity contribution is -0.144. The van der Waals surface area contributed by atoms with Crippen molar-refractivity contribution in [3.05, 3.63) is 17.5 Å². The Kier molecular flexibility index (Phi) is 4.54. The van der Waals surface area contributed by atoms with E-state index in [1.54, 1.807) is 11.8 Å². The molecule has 0 N–H and O–H groups in total. The summed E-state index contributed by atoms with van der Waals surface area (Å²) in [7, 11) is 0. The van der Waals surface area contributed by atoms with Crippen molar-refractivity contribution in [3.63, 3.8) is 0 Å². The van der Waals surface area contributed by atoms with E-state index in [1.165, 1.54) is 11.6 Å². The number of hydrogen-bond donors (Lipinski definition) is 0. The molecule has 1 amide bonds. The van der Waals surface area contributed by atoms with E-state index in [4.69, 9.17) is 0 Å². The number of rotatable bonds is 2. The quantitative estimate of drug-likeness (QED) is 0.836. The molecule has 2 heterocycles. The number of carbonyl (C=O) groups excluding carboxylic acids is 1.